The average molecular weight is 369 g/mol. The smallest absolute Gasteiger partial charge is 0.271 e. The van der Waals surface area contributed by atoms with Crippen LogP contribution < -0.4 is 10.6 Å². The lowest BCUT2D eigenvalue weighted by atomic mass is 10.3. The van der Waals surface area contributed by atoms with Crippen molar-refractivity contribution >= 4 is 33.4 Å². The van der Waals surface area contributed by atoms with Crippen molar-refractivity contribution in [2.24, 2.45) is 7.05 Å². The second-order valence-electron chi connectivity index (χ2n) is 4.69. The van der Waals surface area contributed by atoms with Gasteiger partial charge in [0.05, 0.1) is 22.6 Å². The highest BCUT2D eigenvalue weighted by Crippen LogP contribution is 2.14. The quantitative estimate of drug-likeness (QED) is 0.799. The van der Waals surface area contributed by atoms with E-state index >= 15 is 0 Å². The molecule has 2 amide bonds. The first-order valence-corrected chi connectivity index (χ1v) is 7.58. The van der Waals surface area contributed by atoms with Gasteiger partial charge in [-0.15, -0.1) is 0 Å². The largest absolute Gasteiger partial charge is 0.351 e. The Morgan fingerprint density at radius 2 is 2.09 bits per heavy atom. The molecule has 0 aliphatic rings. The zero-order valence-electron chi connectivity index (χ0n) is 12.3. The van der Waals surface area contributed by atoms with Gasteiger partial charge >= 0.3 is 0 Å². The van der Waals surface area contributed by atoms with E-state index in [1.807, 2.05) is 6.92 Å². The Kier molecular flexibility index (Phi) is 5.31. The van der Waals surface area contributed by atoms with Gasteiger partial charge < -0.3 is 10.6 Å². The molecule has 22 heavy (non-hydrogen) atoms. The van der Waals surface area contributed by atoms with Gasteiger partial charge in [-0.3, -0.25) is 19.0 Å². The van der Waals surface area contributed by atoms with Gasteiger partial charge in [0.2, 0.25) is 5.91 Å². The van der Waals surface area contributed by atoms with Crippen molar-refractivity contribution < 1.29 is 9.59 Å². The van der Waals surface area contributed by atoms with E-state index < -0.39 is 0 Å². The molecule has 2 N–H and O–H groups in total. The number of anilines is 1. The number of rotatable bonds is 6. The summed E-state index contributed by atoms with van der Waals surface area (Å²) in [5.74, 6) is -0.549. The number of carbonyl (C=O) groups is 2. The molecule has 0 bridgehead atoms. The van der Waals surface area contributed by atoms with Crippen LogP contribution in [-0.2, 0) is 18.4 Å². The molecular weight excluding hydrogens is 352 g/mol. The van der Waals surface area contributed by atoms with E-state index in [2.05, 4.69) is 36.8 Å². The third kappa shape index (κ3) is 3.94. The van der Waals surface area contributed by atoms with Crippen molar-refractivity contribution in [3.8, 4) is 0 Å². The number of hydrogen-bond donors (Lipinski definition) is 2. The van der Waals surface area contributed by atoms with Crippen LogP contribution >= 0.6 is 15.9 Å². The normalized spacial score (nSPS) is 10.5. The van der Waals surface area contributed by atoms with Gasteiger partial charge in [-0.1, -0.05) is 6.92 Å². The summed E-state index contributed by atoms with van der Waals surface area (Å²) in [5.41, 5.74) is 0.704. The van der Waals surface area contributed by atoms with Gasteiger partial charge in [-0.2, -0.15) is 10.2 Å². The van der Waals surface area contributed by atoms with Gasteiger partial charge in [-0.05, 0) is 22.4 Å². The molecule has 8 nitrogen and oxygen atoms in total. The highest BCUT2D eigenvalue weighted by Gasteiger charge is 2.18. The topological polar surface area (TPSA) is 93.8 Å². The van der Waals surface area contributed by atoms with E-state index in [0.717, 1.165) is 10.9 Å². The van der Waals surface area contributed by atoms with Gasteiger partial charge in [-0.25, -0.2) is 0 Å². The van der Waals surface area contributed by atoms with Crippen molar-refractivity contribution in [2.45, 2.75) is 19.9 Å². The molecule has 0 saturated heterocycles. The average Bonchev–Trinajstić information content (AvgIpc) is 3.02. The highest BCUT2D eigenvalue weighted by molar-refractivity contribution is 9.10. The number of nitrogens with zero attached hydrogens (tertiary/aromatic N) is 4. The molecular formula is C13H17BrN6O2. The number of halogens is 1. The van der Waals surface area contributed by atoms with Crippen LogP contribution in [0.3, 0.4) is 0 Å². The molecule has 0 radical (unpaired) electrons. The van der Waals surface area contributed by atoms with Crippen LogP contribution in [0.15, 0.2) is 23.1 Å². The van der Waals surface area contributed by atoms with Crippen LogP contribution in [0.4, 0.5) is 5.69 Å². The first-order valence-electron chi connectivity index (χ1n) is 6.79. The van der Waals surface area contributed by atoms with Crippen LogP contribution in [0, 0.1) is 0 Å². The fourth-order valence-corrected chi connectivity index (χ4v) is 2.21. The van der Waals surface area contributed by atoms with Crippen molar-refractivity contribution in [3.05, 3.63) is 28.8 Å². The standard InChI is InChI=1S/C13H17BrN6O2/c1-3-4-15-13(22)12-10(6-16-19(12)2)18-11(21)8-20-7-9(14)5-17-20/h5-7H,3-4,8H2,1-2H3,(H,15,22)(H,18,21). The first-order chi connectivity index (χ1) is 10.5. The number of carbonyl (C=O) groups excluding carboxylic acids is 2. The summed E-state index contributed by atoms with van der Waals surface area (Å²) >= 11 is 3.27. The van der Waals surface area contributed by atoms with Crippen molar-refractivity contribution in [3.63, 3.8) is 0 Å². The Labute approximate surface area is 136 Å². The molecule has 9 heteroatoms. The number of nitrogens with one attached hydrogen (secondary N) is 2. The maximum absolute atomic E-state index is 12.1. The Morgan fingerprint density at radius 3 is 2.73 bits per heavy atom. The zero-order chi connectivity index (χ0) is 16.1. The maximum Gasteiger partial charge on any atom is 0.271 e. The second-order valence-corrected chi connectivity index (χ2v) is 5.61. The fourth-order valence-electron chi connectivity index (χ4n) is 1.88. The Morgan fingerprint density at radius 1 is 1.32 bits per heavy atom. The summed E-state index contributed by atoms with van der Waals surface area (Å²) in [6, 6.07) is 0. The van der Waals surface area contributed by atoms with E-state index in [0.29, 0.717) is 17.9 Å². The Bertz CT molecular complexity index is 678. The molecule has 0 spiro atoms. The van der Waals surface area contributed by atoms with Gasteiger partial charge in [0.1, 0.15) is 12.2 Å². The summed E-state index contributed by atoms with van der Waals surface area (Å²) in [4.78, 5) is 24.1. The lowest BCUT2D eigenvalue weighted by molar-refractivity contribution is -0.116. The fraction of sp³-hybridized carbons (Fsp3) is 0.385. The van der Waals surface area contributed by atoms with E-state index in [1.54, 1.807) is 19.4 Å². The van der Waals surface area contributed by atoms with E-state index in [1.165, 1.54) is 15.6 Å². The molecule has 118 valence electrons. The molecule has 0 atom stereocenters. The Balaban J connectivity index is 2.06. The summed E-state index contributed by atoms with van der Waals surface area (Å²) in [6.07, 6.45) is 5.58. The predicted octanol–water partition coefficient (Wildman–Crippen LogP) is 1.16. The molecule has 0 aromatic carbocycles. The summed E-state index contributed by atoms with van der Waals surface area (Å²) in [6.45, 7) is 2.59. The van der Waals surface area contributed by atoms with Gasteiger partial charge in [0.15, 0.2) is 0 Å². The number of hydrogen-bond acceptors (Lipinski definition) is 4. The summed E-state index contributed by atoms with van der Waals surface area (Å²) < 4.78 is 3.72. The molecule has 2 aromatic heterocycles. The molecule has 2 heterocycles. The second kappa shape index (κ2) is 7.21. The first kappa shape index (κ1) is 16.2. The van der Waals surface area contributed by atoms with Gasteiger partial charge in [0.25, 0.3) is 5.91 Å². The van der Waals surface area contributed by atoms with Crippen LogP contribution in [0.2, 0.25) is 0 Å². The minimum atomic E-state index is -0.284. The summed E-state index contributed by atoms with van der Waals surface area (Å²) in [7, 11) is 1.65. The summed E-state index contributed by atoms with van der Waals surface area (Å²) in [5, 5.41) is 13.5. The Hall–Kier alpha value is -2.16. The molecule has 2 aromatic rings. The van der Waals surface area contributed by atoms with E-state index in [-0.39, 0.29) is 18.4 Å². The molecule has 0 aliphatic carbocycles. The third-order valence-electron chi connectivity index (χ3n) is 2.87. The van der Waals surface area contributed by atoms with Gasteiger partial charge in [0, 0.05) is 19.8 Å². The molecule has 0 saturated carbocycles. The predicted molar refractivity (Wildman–Crippen MR) is 84.4 cm³/mol. The number of aromatic nitrogens is 4. The zero-order valence-corrected chi connectivity index (χ0v) is 13.9. The molecule has 0 unspecified atom stereocenters. The van der Waals surface area contributed by atoms with Crippen molar-refractivity contribution in [2.75, 3.05) is 11.9 Å². The van der Waals surface area contributed by atoms with Crippen molar-refractivity contribution in [1.29, 1.82) is 0 Å². The van der Waals surface area contributed by atoms with Crippen molar-refractivity contribution in [1.82, 2.24) is 24.9 Å². The molecule has 0 fully saturated rings. The van der Waals surface area contributed by atoms with E-state index in [9.17, 15) is 9.59 Å². The lowest BCUT2D eigenvalue weighted by Crippen LogP contribution is -2.28. The minimum Gasteiger partial charge on any atom is -0.351 e. The monoisotopic (exact) mass is 368 g/mol. The van der Waals surface area contributed by atoms with Crippen LogP contribution in [0.5, 0.6) is 0 Å². The minimum absolute atomic E-state index is 0.0521. The SMILES string of the molecule is CCCNC(=O)c1c(NC(=O)Cn2cc(Br)cn2)cnn1C. The van der Waals surface area contributed by atoms with Crippen LogP contribution in [0.1, 0.15) is 23.8 Å². The van der Waals surface area contributed by atoms with Crippen LogP contribution in [0.25, 0.3) is 0 Å². The molecule has 2 rings (SSSR count). The van der Waals surface area contributed by atoms with Crippen LogP contribution in [-0.4, -0.2) is 37.9 Å². The number of amides is 2. The maximum atomic E-state index is 12.1. The molecule has 0 aliphatic heterocycles. The lowest BCUT2D eigenvalue weighted by Gasteiger charge is -2.08. The number of aryl methyl sites for hydroxylation is 1. The highest BCUT2D eigenvalue weighted by atomic mass is 79.9. The third-order valence-corrected chi connectivity index (χ3v) is 3.28. The van der Waals surface area contributed by atoms with E-state index in [4.69, 9.17) is 0 Å².